The second kappa shape index (κ2) is 7.02. The minimum absolute atomic E-state index is 0.221. The predicted molar refractivity (Wildman–Crippen MR) is 111 cm³/mol. The van der Waals surface area contributed by atoms with E-state index >= 15 is 0 Å². The lowest BCUT2D eigenvalue weighted by molar-refractivity contribution is 0.599. The molecule has 7 heteroatoms. The Hall–Kier alpha value is -2.31. The highest BCUT2D eigenvalue weighted by molar-refractivity contribution is 7.93. The predicted octanol–water partition coefficient (Wildman–Crippen LogP) is 4.35. The van der Waals surface area contributed by atoms with Crippen molar-refractivity contribution in [1.29, 1.82) is 0 Å². The molecule has 1 aliphatic rings. The quantitative estimate of drug-likeness (QED) is 0.706. The lowest BCUT2D eigenvalue weighted by Gasteiger charge is -2.18. The molecule has 2 heterocycles. The number of sulfonamides is 1. The Morgan fingerprint density at radius 3 is 2.81 bits per heavy atom. The smallest absolute Gasteiger partial charge is 0.235 e. The lowest BCUT2D eigenvalue weighted by Crippen LogP contribution is -2.25. The zero-order valence-corrected chi connectivity index (χ0v) is 16.5. The van der Waals surface area contributed by atoms with Gasteiger partial charge in [0, 0.05) is 23.5 Å². The second-order valence-corrected chi connectivity index (χ2v) is 9.14. The third kappa shape index (κ3) is 3.59. The molecule has 0 bridgehead atoms. The monoisotopic (exact) mass is 401 g/mol. The normalized spacial score (nSPS) is 16.0. The largest absolute Gasteiger partial charge is 0.366 e. The van der Waals surface area contributed by atoms with Gasteiger partial charge in [0.05, 0.1) is 17.0 Å². The molecule has 140 valence electrons. The number of halogens is 1. The Kier molecular flexibility index (Phi) is 4.70. The van der Waals surface area contributed by atoms with Crippen LogP contribution in [0.3, 0.4) is 0 Å². The van der Waals surface area contributed by atoms with Crippen LogP contribution in [0.1, 0.15) is 17.5 Å². The van der Waals surface area contributed by atoms with Gasteiger partial charge in [0.15, 0.2) is 0 Å². The second-order valence-electron chi connectivity index (χ2n) is 6.72. The molecule has 0 aliphatic carbocycles. The van der Waals surface area contributed by atoms with E-state index in [1.165, 1.54) is 4.31 Å². The van der Waals surface area contributed by atoms with Crippen molar-refractivity contribution in [3.05, 3.63) is 64.7 Å². The molecule has 0 amide bonds. The zero-order valence-electron chi connectivity index (χ0n) is 14.9. The topological polar surface area (TPSA) is 62.3 Å². The standard InChI is InChI=1S/C20H20ClN3O2S/c1-14-6-8-18(21)17-7-9-19(23-20(14)17)22-13-15-4-2-5-16(12-15)24-10-3-11-27(24,25)26/h2,4-9,12H,3,10-11,13H2,1H3,(H,22,23). The Labute approximate surface area is 164 Å². The minimum atomic E-state index is -3.17. The molecule has 0 spiro atoms. The lowest BCUT2D eigenvalue weighted by atomic mass is 10.1. The number of pyridine rings is 1. The average Bonchev–Trinajstić information content (AvgIpc) is 3.02. The van der Waals surface area contributed by atoms with Crippen LogP contribution in [0.2, 0.25) is 5.02 Å². The maximum atomic E-state index is 12.1. The number of benzene rings is 2. The molecule has 2 aromatic carbocycles. The summed E-state index contributed by atoms with van der Waals surface area (Å²) >= 11 is 6.24. The first-order chi connectivity index (χ1) is 12.9. The van der Waals surface area contributed by atoms with Crippen LogP contribution in [-0.4, -0.2) is 25.7 Å². The first-order valence-electron chi connectivity index (χ1n) is 8.83. The summed E-state index contributed by atoms with van der Waals surface area (Å²) < 4.78 is 25.7. The van der Waals surface area contributed by atoms with Crippen molar-refractivity contribution in [3.8, 4) is 0 Å². The van der Waals surface area contributed by atoms with Crippen LogP contribution in [0, 0.1) is 6.92 Å². The van der Waals surface area contributed by atoms with Gasteiger partial charge in [-0.25, -0.2) is 13.4 Å². The van der Waals surface area contributed by atoms with Gasteiger partial charge in [-0.15, -0.1) is 0 Å². The summed E-state index contributed by atoms with van der Waals surface area (Å²) in [6.07, 6.45) is 0.674. The summed E-state index contributed by atoms with van der Waals surface area (Å²) in [6, 6.07) is 15.3. The Morgan fingerprint density at radius 2 is 2.04 bits per heavy atom. The number of rotatable bonds is 4. The Balaban J connectivity index is 1.55. The number of aromatic nitrogens is 1. The van der Waals surface area contributed by atoms with Gasteiger partial charge < -0.3 is 5.32 Å². The molecule has 1 N–H and O–H groups in total. The highest BCUT2D eigenvalue weighted by Crippen LogP contribution is 2.27. The van der Waals surface area contributed by atoms with Crippen molar-refractivity contribution in [1.82, 2.24) is 4.98 Å². The van der Waals surface area contributed by atoms with Gasteiger partial charge in [0.2, 0.25) is 10.0 Å². The third-order valence-electron chi connectivity index (χ3n) is 4.78. The Bertz CT molecular complexity index is 1120. The summed E-state index contributed by atoms with van der Waals surface area (Å²) in [4.78, 5) is 4.67. The molecule has 0 radical (unpaired) electrons. The first-order valence-corrected chi connectivity index (χ1v) is 10.8. The van der Waals surface area contributed by atoms with E-state index < -0.39 is 10.0 Å². The van der Waals surface area contributed by atoms with E-state index in [0.717, 1.165) is 33.5 Å². The number of anilines is 2. The van der Waals surface area contributed by atoms with E-state index in [0.29, 0.717) is 24.5 Å². The molecule has 3 aromatic rings. The van der Waals surface area contributed by atoms with E-state index in [1.807, 2.05) is 55.5 Å². The summed E-state index contributed by atoms with van der Waals surface area (Å²) in [6.45, 7) is 3.11. The summed E-state index contributed by atoms with van der Waals surface area (Å²) in [5, 5.41) is 4.94. The zero-order chi connectivity index (χ0) is 19.0. The van der Waals surface area contributed by atoms with Crippen LogP contribution in [0.5, 0.6) is 0 Å². The maximum Gasteiger partial charge on any atom is 0.235 e. The molecule has 0 atom stereocenters. The van der Waals surface area contributed by atoms with Gasteiger partial charge in [-0.3, -0.25) is 4.31 Å². The molecule has 0 saturated carbocycles. The number of nitrogens with zero attached hydrogens (tertiary/aromatic N) is 2. The van der Waals surface area contributed by atoms with Crippen molar-refractivity contribution < 1.29 is 8.42 Å². The van der Waals surface area contributed by atoms with E-state index in [9.17, 15) is 8.42 Å². The molecule has 5 nitrogen and oxygen atoms in total. The molecular formula is C20H20ClN3O2S. The van der Waals surface area contributed by atoms with E-state index in [4.69, 9.17) is 11.6 Å². The van der Waals surface area contributed by atoms with Gasteiger partial charge in [-0.1, -0.05) is 29.8 Å². The SMILES string of the molecule is Cc1ccc(Cl)c2ccc(NCc3cccc(N4CCCS4(=O)=O)c3)nc12. The summed E-state index contributed by atoms with van der Waals surface area (Å²) in [5.41, 5.74) is 3.67. The number of fused-ring (bicyclic) bond motifs is 1. The van der Waals surface area contributed by atoms with Crippen LogP contribution in [0.4, 0.5) is 11.5 Å². The van der Waals surface area contributed by atoms with Gasteiger partial charge >= 0.3 is 0 Å². The fourth-order valence-electron chi connectivity index (χ4n) is 3.36. The van der Waals surface area contributed by atoms with Crippen LogP contribution < -0.4 is 9.62 Å². The highest BCUT2D eigenvalue weighted by Gasteiger charge is 2.28. The van der Waals surface area contributed by atoms with Crippen molar-refractivity contribution in [2.24, 2.45) is 0 Å². The first kappa shape index (κ1) is 18.1. The molecule has 1 aliphatic heterocycles. The van der Waals surface area contributed by atoms with Gasteiger partial charge in [0.25, 0.3) is 0 Å². The van der Waals surface area contributed by atoms with E-state index in [2.05, 4.69) is 10.3 Å². The molecule has 4 rings (SSSR count). The fraction of sp³-hybridized carbons (Fsp3) is 0.250. The molecular weight excluding hydrogens is 382 g/mol. The van der Waals surface area contributed by atoms with Crippen LogP contribution in [-0.2, 0) is 16.6 Å². The van der Waals surface area contributed by atoms with Crippen molar-refractivity contribution in [2.45, 2.75) is 19.9 Å². The molecule has 1 saturated heterocycles. The van der Waals surface area contributed by atoms with Crippen LogP contribution in [0.15, 0.2) is 48.5 Å². The fourth-order valence-corrected chi connectivity index (χ4v) is 5.13. The van der Waals surface area contributed by atoms with Crippen molar-refractivity contribution in [2.75, 3.05) is 21.9 Å². The van der Waals surface area contributed by atoms with Gasteiger partial charge in [-0.2, -0.15) is 0 Å². The Morgan fingerprint density at radius 1 is 1.19 bits per heavy atom. The van der Waals surface area contributed by atoms with Crippen LogP contribution in [0.25, 0.3) is 10.9 Å². The summed E-state index contributed by atoms with van der Waals surface area (Å²) in [5.74, 6) is 0.977. The van der Waals surface area contributed by atoms with Crippen molar-refractivity contribution >= 4 is 44.0 Å². The number of nitrogens with one attached hydrogen (secondary N) is 1. The molecule has 0 unspecified atom stereocenters. The van der Waals surface area contributed by atoms with Crippen molar-refractivity contribution in [3.63, 3.8) is 0 Å². The molecule has 27 heavy (non-hydrogen) atoms. The number of aryl methyl sites for hydroxylation is 1. The summed E-state index contributed by atoms with van der Waals surface area (Å²) in [7, 11) is -3.17. The maximum absolute atomic E-state index is 12.1. The number of hydrogen-bond donors (Lipinski definition) is 1. The van der Waals surface area contributed by atoms with E-state index in [-0.39, 0.29) is 5.75 Å². The molecule has 1 fully saturated rings. The average molecular weight is 402 g/mol. The molecule has 1 aromatic heterocycles. The van der Waals surface area contributed by atoms with Gasteiger partial charge in [0.1, 0.15) is 5.82 Å². The highest BCUT2D eigenvalue weighted by atomic mass is 35.5. The minimum Gasteiger partial charge on any atom is -0.366 e. The van der Waals surface area contributed by atoms with Gasteiger partial charge in [-0.05, 0) is 54.8 Å². The van der Waals surface area contributed by atoms with Crippen LogP contribution >= 0.6 is 11.6 Å². The number of hydrogen-bond acceptors (Lipinski definition) is 4. The van der Waals surface area contributed by atoms with E-state index in [1.54, 1.807) is 0 Å². The third-order valence-corrected chi connectivity index (χ3v) is 6.98.